The Morgan fingerprint density at radius 1 is 1.23 bits per heavy atom. The van der Waals surface area contributed by atoms with Crippen LogP contribution in [0.5, 0.6) is 0 Å². The molecule has 3 aliphatic rings. The van der Waals surface area contributed by atoms with Gasteiger partial charge >= 0.3 is 5.97 Å². The molecule has 0 amide bonds. The summed E-state index contributed by atoms with van der Waals surface area (Å²) >= 11 is 0. The third-order valence-corrected chi connectivity index (χ3v) is 5.56. The summed E-state index contributed by atoms with van der Waals surface area (Å²) in [5, 5.41) is 11.0. The number of rotatable bonds is 1. The minimum Gasteiger partial charge on any atom is -0.477 e. The number of para-hydroxylation sites is 1. The Balaban J connectivity index is 1.89. The summed E-state index contributed by atoms with van der Waals surface area (Å²) in [5.41, 5.74) is 4.11. The minimum atomic E-state index is -0.815. The lowest BCUT2D eigenvalue weighted by Gasteiger charge is -2.46. The molecule has 3 aliphatic heterocycles. The van der Waals surface area contributed by atoms with Crippen molar-refractivity contribution in [3.63, 3.8) is 0 Å². The Morgan fingerprint density at radius 2 is 2.09 bits per heavy atom. The lowest BCUT2D eigenvalue weighted by Crippen LogP contribution is -2.45. The van der Waals surface area contributed by atoms with Crippen LogP contribution in [0.3, 0.4) is 0 Å². The van der Waals surface area contributed by atoms with E-state index in [0.29, 0.717) is 17.7 Å². The molecule has 2 atom stereocenters. The van der Waals surface area contributed by atoms with Gasteiger partial charge in [0.15, 0.2) is 0 Å². The molecule has 22 heavy (non-hydrogen) atoms. The van der Waals surface area contributed by atoms with Crippen LogP contribution in [0, 0.1) is 5.92 Å². The molecule has 1 aromatic heterocycles. The van der Waals surface area contributed by atoms with E-state index in [9.17, 15) is 9.90 Å². The summed E-state index contributed by atoms with van der Waals surface area (Å²) in [7, 11) is 0. The van der Waals surface area contributed by atoms with Crippen molar-refractivity contribution in [2.24, 2.45) is 5.92 Å². The molecule has 1 unspecified atom stereocenters. The maximum Gasteiger partial charge on any atom is 0.352 e. The van der Waals surface area contributed by atoms with E-state index in [1.54, 1.807) is 0 Å². The van der Waals surface area contributed by atoms with E-state index in [2.05, 4.69) is 23.1 Å². The normalized spacial score (nSPS) is 26.6. The highest BCUT2D eigenvalue weighted by atomic mass is 16.4. The predicted octanol–water partition coefficient (Wildman–Crippen LogP) is 2.89. The van der Waals surface area contributed by atoms with Gasteiger partial charge in [0.1, 0.15) is 5.70 Å². The predicted molar refractivity (Wildman–Crippen MR) is 84.6 cm³/mol. The second-order valence-electron chi connectivity index (χ2n) is 6.61. The summed E-state index contributed by atoms with van der Waals surface area (Å²) in [5.74, 6) is -0.472. The largest absolute Gasteiger partial charge is 0.477 e. The molecule has 4 nitrogen and oxygen atoms in total. The molecule has 1 fully saturated rings. The quantitative estimate of drug-likeness (QED) is 0.879. The van der Waals surface area contributed by atoms with Gasteiger partial charge in [-0.3, -0.25) is 4.90 Å². The van der Waals surface area contributed by atoms with E-state index in [1.807, 2.05) is 16.7 Å². The first-order chi connectivity index (χ1) is 10.8. The van der Waals surface area contributed by atoms with Crippen molar-refractivity contribution in [2.75, 3.05) is 13.1 Å². The average molecular weight is 294 g/mol. The van der Waals surface area contributed by atoms with Crippen molar-refractivity contribution in [3.8, 4) is 0 Å². The first-order valence-corrected chi connectivity index (χ1v) is 8.07. The van der Waals surface area contributed by atoms with Crippen molar-refractivity contribution < 1.29 is 9.90 Å². The number of fused-ring (bicyclic) bond motifs is 3. The maximum atomic E-state index is 11.8. The number of piperidine rings is 1. The summed E-state index contributed by atoms with van der Waals surface area (Å²) in [6, 6.07) is 8.62. The van der Waals surface area contributed by atoms with Crippen LogP contribution in [-0.2, 0) is 11.2 Å². The molecular formula is C18H18N2O2. The fourth-order valence-electron chi connectivity index (χ4n) is 4.76. The number of hydrogen-bond acceptors (Lipinski definition) is 2. The second-order valence-corrected chi connectivity index (χ2v) is 6.61. The molecular weight excluding hydrogens is 276 g/mol. The third kappa shape index (κ3) is 1.43. The molecule has 1 aromatic carbocycles. The molecule has 0 spiro atoms. The van der Waals surface area contributed by atoms with Gasteiger partial charge in [0.2, 0.25) is 0 Å². The topological polar surface area (TPSA) is 45.5 Å². The van der Waals surface area contributed by atoms with Gasteiger partial charge < -0.3 is 9.67 Å². The van der Waals surface area contributed by atoms with Gasteiger partial charge in [-0.2, -0.15) is 0 Å². The second kappa shape index (κ2) is 4.23. The molecule has 2 aromatic rings. The molecule has 4 heteroatoms. The molecule has 0 aliphatic carbocycles. The molecule has 0 saturated carbocycles. The monoisotopic (exact) mass is 294 g/mol. The Morgan fingerprint density at radius 3 is 2.95 bits per heavy atom. The van der Waals surface area contributed by atoms with Crippen LogP contribution in [0.25, 0.3) is 16.6 Å². The van der Waals surface area contributed by atoms with Crippen LogP contribution >= 0.6 is 0 Å². The summed E-state index contributed by atoms with van der Waals surface area (Å²) in [6.45, 7) is 2.23. The molecule has 112 valence electrons. The zero-order chi connectivity index (χ0) is 14.8. The van der Waals surface area contributed by atoms with Gasteiger partial charge in [0.05, 0.1) is 11.6 Å². The first-order valence-electron chi connectivity index (χ1n) is 8.07. The lowest BCUT2D eigenvalue weighted by atomic mass is 9.80. The van der Waals surface area contributed by atoms with Crippen molar-refractivity contribution in [1.82, 2.24) is 9.47 Å². The Kier molecular flexibility index (Phi) is 2.40. The zero-order valence-corrected chi connectivity index (χ0v) is 12.3. The summed E-state index contributed by atoms with van der Waals surface area (Å²) in [6.07, 6.45) is 5.30. The zero-order valence-electron chi connectivity index (χ0n) is 12.3. The number of benzene rings is 1. The Hall–Kier alpha value is -2.07. The molecule has 0 bridgehead atoms. The number of carbonyl (C=O) groups is 1. The minimum absolute atomic E-state index is 0.343. The first kappa shape index (κ1) is 12.5. The number of aromatic nitrogens is 1. The van der Waals surface area contributed by atoms with Crippen LogP contribution < -0.4 is 0 Å². The molecule has 0 radical (unpaired) electrons. The van der Waals surface area contributed by atoms with Gasteiger partial charge in [-0.15, -0.1) is 0 Å². The van der Waals surface area contributed by atoms with Gasteiger partial charge in [0, 0.05) is 23.5 Å². The van der Waals surface area contributed by atoms with Crippen molar-refractivity contribution in [1.29, 1.82) is 0 Å². The van der Waals surface area contributed by atoms with Gasteiger partial charge in [-0.25, -0.2) is 4.79 Å². The van der Waals surface area contributed by atoms with Gasteiger partial charge in [0.25, 0.3) is 0 Å². The SMILES string of the molecule is O=C(O)C1=CC2CCCN3CCc4c(n1c1ccccc41)[C@H]23. The number of carboxylic acids is 1. The Labute approximate surface area is 128 Å². The van der Waals surface area contributed by atoms with Gasteiger partial charge in [-0.05, 0) is 43.5 Å². The third-order valence-electron chi connectivity index (χ3n) is 5.56. The van der Waals surface area contributed by atoms with Crippen LogP contribution in [0.1, 0.15) is 30.1 Å². The maximum absolute atomic E-state index is 11.8. The van der Waals surface area contributed by atoms with E-state index in [0.717, 1.165) is 31.4 Å². The number of carboxylic acid groups (broad SMARTS) is 1. The highest BCUT2D eigenvalue weighted by Gasteiger charge is 2.43. The summed E-state index contributed by atoms with van der Waals surface area (Å²) in [4.78, 5) is 14.4. The highest BCUT2D eigenvalue weighted by molar-refractivity contribution is 6.12. The Bertz CT molecular complexity index is 833. The van der Waals surface area contributed by atoms with Crippen LogP contribution in [0.4, 0.5) is 0 Å². The van der Waals surface area contributed by atoms with E-state index < -0.39 is 5.97 Å². The van der Waals surface area contributed by atoms with Crippen LogP contribution in [0.15, 0.2) is 30.3 Å². The molecule has 1 saturated heterocycles. The fourth-order valence-corrected chi connectivity index (χ4v) is 4.76. The van der Waals surface area contributed by atoms with Crippen LogP contribution in [0.2, 0.25) is 0 Å². The number of aliphatic carboxylic acids is 1. The van der Waals surface area contributed by atoms with E-state index in [4.69, 9.17) is 0 Å². The number of hydrogen-bond donors (Lipinski definition) is 1. The van der Waals surface area contributed by atoms with Crippen LogP contribution in [-0.4, -0.2) is 33.6 Å². The average Bonchev–Trinajstić information content (AvgIpc) is 2.88. The summed E-state index contributed by atoms with van der Waals surface area (Å²) < 4.78 is 2.02. The standard InChI is InChI=1S/C18H18N2O2/c21-18(22)15-10-11-4-3-8-19-9-7-13-12-5-1-2-6-14(12)20(15)17(13)16(11)19/h1-2,5-6,10-11,16H,3-4,7-9H2,(H,21,22)/t11?,16-/m0/s1. The van der Waals surface area contributed by atoms with Crippen molar-refractivity contribution in [2.45, 2.75) is 25.3 Å². The van der Waals surface area contributed by atoms with E-state index >= 15 is 0 Å². The molecule has 1 N–H and O–H groups in total. The van der Waals surface area contributed by atoms with E-state index in [1.165, 1.54) is 23.1 Å². The fraction of sp³-hybridized carbons (Fsp3) is 0.389. The van der Waals surface area contributed by atoms with Crippen molar-refractivity contribution >= 4 is 22.6 Å². The number of nitrogens with zero attached hydrogens (tertiary/aromatic N) is 2. The van der Waals surface area contributed by atoms with E-state index in [-0.39, 0.29) is 0 Å². The van der Waals surface area contributed by atoms with Crippen molar-refractivity contribution in [3.05, 3.63) is 41.6 Å². The smallest absolute Gasteiger partial charge is 0.352 e. The molecule has 5 rings (SSSR count). The highest BCUT2D eigenvalue weighted by Crippen LogP contribution is 2.48. The molecule has 4 heterocycles. The van der Waals surface area contributed by atoms with Gasteiger partial charge in [-0.1, -0.05) is 18.2 Å². The lowest BCUT2D eigenvalue weighted by molar-refractivity contribution is -0.130.